The lowest BCUT2D eigenvalue weighted by Crippen LogP contribution is -2.27. The van der Waals surface area contributed by atoms with E-state index in [1.807, 2.05) is 0 Å². The van der Waals surface area contributed by atoms with E-state index in [9.17, 15) is 19.7 Å². The van der Waals surface area contributed by atoms with E-state index >= 15 is 0 Å². The normalized spacial score (nSPS) is 13.5. The summed E-state index contributed by atoms with van der Waals surface area (Å²) in [6, 6.07) is 4.07. The summed E-state index contributed by atoms with van der Waals surface area (Å²) in [5.41, 5.74) is -0.433. The predicted octanol–water partition coefficient (Wildman–Crippen LogP) is 1.37. The van der Waals surface area contributed by atoms with Crippen LogP contribution in [0, 0.1) is 10.1 Å². The van der Waals surface area contributed by atoms with Crippen molar-refractivity contribution in [3.05, 3.63) is 33.9 Å². The molecule has 1 saturated carbocycles. The van der Waals surface area contributed by atoms with Crippen LogP contribution in [-0.2, 0) is 4.79 Å². The van der Waals surface area contributed by atoms with Gasteiger partial charge < -0.3 is 15.7 Å². The molecule has 0 heterocycles. The van der Waals surface area contributed by atoms with Crippen molar-refractivity contribution in [2.75, 3.05) is 11.9 Å². The van der Waals surface area contributed by atoms with Crippen molar-refractivity contribution < 1.29 is 19.6 Å². The molecule has 112 valence electrons. The van der Waals surface area contributed by atoms with E-state index < -0.39 is 16.6 Å². The molecule has 0 aliphatic heterocycles. The summed E-state index contributed by atoms with van der Waals surface area (Å²) in [6.45, 7) is 0.322. The number of nitro benzene ring substituents is 1. The van der Waals surface area contributed by atoms with E-state index in [0.717, 1.165) is 18.9 Å². The molecule has 0 unspecified atom stereocenters. The highest BCUT2D eigenvalue weighted by Gasteiger charge is 2.23. The summed E-state index contributed by atoms with van der Waals surface area (Å²) in [6.07, 6.45) is 2.29. The van der Waals surface area contributed by atoms with Crippen molar-refractivity contribution >= 4 is 23.3 Å². The van der Waals surface area contributed by atoms with E-state index in [1.165, 1.54) is 12.1 Å². The maximum Gasteiger partial charge on any atom is 0.342 e. The van der Waals surface area contributed by atoms with Crippen LogP contribution >= 0.6 is 0 Å². The number of nitro groups is 1. The summed E-state index contributed by atoms with van der Waals surface area (Å²) in [4.78, 5) is 32.4. The highest BCUT2D eigenvalue weighted by molar-refractivity contribution is 5.93. The first-order valence-electron chi connectivity index (χ1n) is 6.52. The topological polar surface area (TPSA) is 122 Å². The summed E-state index contributed by atoms with van der Waals surface area (Å²) in [7, 11) is 0. The van der Waals surface area contributed by atoms with E-state index in [0.29, 0.717) is 18.3 Å². The molecule has 1 aromatic rings. The van der Waals surface area contributed by atoms with Gasteiger partial charge in [-0.2, -0.15) is 0 Å². The average Bonchev–Trinajstić information content (AvgIpc) is 3.22. The standard InChI is InChI=1S/C13H15N3O5/c17-12(15-8-1-2-8)5-6-14-9-3-4-10(13(18)19)11(7-9)16(20)21/h3-4,7-8,14H,1-2,5-6H2,(H,15,17)(H,18,19). The third kappa shape index (κ3) is 4.16. The second kappa shape index (κ2) is 6.21. The lowest BCUT2D eigenvalue weighted by Gasteiger charge is -2.07. The van der Waals surface area contributed by atoms with Gasteiger partial charge in [0.2, 0.25) is 5.91 Å². The number of carbonyl (C=O) groups excluding carboxylic acids is 1. The number of hydrogen-bond acceptors (Lipinski definition) is 5. The quantitative estimate of drug-likeness (QED) is 0.515. The second-order valence-corrected chi connectivity index (χ2v) is 4.81. The molecule has 8 heteroatoms. The van der Waals surface area contributed by atoms with Crippen molar-refractivity contribution in [1.29, 1.82) is 0 Å². The molecule has 0 bridgehead atoms. The maximum atomic E-state index is 11.5. The van der Waals surface area contributed by atoms with Gasteiger partial charge in [-0.15, -0.1) is 0 Å². The SMILES string of the molecule is O=C(CCNc1ccc(C(=O)O)c([N+](=O)[O-])c1)NC1CC1. The van der Waals surface area contributed by atoms with E-state index in [4.69, 9.17) is 5.11 Å². The lowest BCUT2D eigenvalue weighted by atomic mass is 10.1. The maximum absolute atomic E-state index is 11.5. The third-order valence-corrected chi connectivity index (χ3v) is 3.05. The Bertz CT molecular complexity index is 583. The van der Waals surface area contributed by atoms with E-state index in [-0.39, 0.29) is 17.9 Å². The monoisotopic (exact) mass is 293 g/mol. The zero-order chi connectivity index (χ0) is 15.4. The number of nitrogens with one attached hydrogen (secondary N) is 2. The first kappa shape index (κ1) is 14.8. The molecular formula is C13H15N3O5. The molecule has 0 radical (unpaired) electrons. The average molecular weight is 293 g/mol. The fraction of sp³-hybridized carbons (Fsp3) is 0.385. The van der Waals surface area contributed by atoms with Crippen LogP contribution in [-0.4, -0.2) is 34.5 Å². The molecule has 0 spiro atoms. The molecule has 21 heavy (non-hydrogen) atoms. The molecule has 1 aliphatic rings. The van der Waals surface area contributed by atoms with Gasteiger partial charge in [0.1, 0.15) is 5.56 Å². The van der Waals surface area contributed by atoms with Gasteiger partial charge in [-0.3, -0.25) is 14.9 Å². The van der Waals surface area contributed by atoms with Crippen LogP contribution in [0.4, 0.5) is 11.4 Å². The third-order valence-electron chi connectivity index (χ3n) is 3.05. The van der Waals surface area contributed by atoms with Gasteiger partial charge in [0.15, 0.2) is 0 Å². The Morgan fingerprint density at radius 2 is 2.10 bits per heavy atom. The lowest BCUT2D eigenvalue weighted by molar-refractivity contribution is -0.385. The molecule has 2 rings (SSSR count). The van der Waals surface area contributed by atoms with Crippen molar-refractivity contribution in [2.24, 2.45) is 0 Å². The molecule has 1 fully saturated rings. The Hall–Kier alpha value is -2.64. The number of hydrogen-bond donors (Lipinski definition) is 3. The van der Waals surface area contributed by atoms with Crippen LogP contribution in [0.1, 0.15) is 29.6 Å². The van der Waals surface area contributed by atoms with E-state index in [2.05, 4.69) is 10.6 Å². The number of carboxylic acids is 1. The van der Waals surface area contributed by atoms with Gasteiger partial charge in [-0.05, 0) is 25.0 Å². The number of amides is 1. The molecular weight excluding hydrogens is 278 g/mol. The van der Waals surface area contributed by atoms with Gasteiger partial charge >= 0.3 is 5.97 Å². The Labute approximate surface area is 120 Å². The number of benzene rings is 1. The number of rotatable bonds is 7. The molecule has 0 aromatic heterocycles. The summed E-state index contributed by atoms with van der Waals surface area (Å²) in [5.74, 6) is -1.42. The summed E-state index contributed by atoms with van der Waals surface area (Å²) < 4.78 is 0. The first-order valence-corrected chi connectivity index (χ1v) is 6.52. The number of anilines is 1. The zero-order valence-electron chi connectivity index (χ0n) is 11.2. The molecule has 1 aliphatic carbocycles. The Kier molecular flexibility index (Phi) is 4.36. The highest BCUT2D eigenvalue weighted by atomic mass is 16.6. The van der Waals surface area contributed by atoms with Crippen molar-refractivity contribution in [1.82, 2.24) is 5.32 Å². The van der Waals surface area contributed by atoms with Crippen LogP contribution in [0.15, 0.2) is 18.2 Å². The Morgan fingerprint density at radius 3 is 2.67 bits per heavy atom. The second-order valence-electron chi connectivity index (χ2n) is 4.81. The van der Waals surface area contributed by atoms with Crippen LogP contribution in [0.3, 0.4) is 0 Å². The molecule has 0 saturated heterocycles. The Balaban J connectivity index is 1.93. The largest absolute Gasteiger partial charge is 0.477 e. The fourth-order valence-corrected chi connectivity index (χ4v) is 1.82. The minimum absolute atomic E-state index is 0.0679. The molecule has 1 aromatic carbocycles. The van der Waals surface area contributed by atoms with Crippen LogP contribution < -0.4 is 10.6 Å². The number of carboxylic acid groups (broad SMARTS) is 1. The summed E-state index contributed by atoms with van der Waals surface area (Å²) >= 11 is 0. The van der Waals surface area contributed by atoms with Crippen LogP contribution in [0.25, 0.3) is 0 Å². The first-order chi connectivity index (χ1) is 9.97. The fourth-order valence-electron chi connectivity index (χ4n) is 1.82. The minimum Gasteiger partial charge on any atom is -0.477 e. The minimum atomic E-state index is -1.35. The highest BCUT2D eigenvalue weighted by Crippen LogP contribution is 2.23. The van der Waals surface area contributed by atoms with Crippen molar-refractivity contribution in [3.63, 3.8) is 0 Å². The molecule has 3 N–H and O–H groups in total. The van der Waals surface area contributed by atoms with E-state index in [1.54, 1.807) is 0 Å². The van der Waals surface area contributed by atoms with Gasteiger partial charge in [0.25, 0.3) is 5.69 Å². The number of nitrogens with zero attached hydrogens (tertiary/aromatic N) is 1. The van der Waals surface area contributed by atoms with Gasteiger partial charge in [-0.25, -0.2) is 4.79 Å². The molecule has 0 atom stereocenters. The van der Waals surface area contributed by atoms with Crippen molar-refractivity contribution in [3.8, 4) is 0 Å². The van der Waals surface area contributed by atoms with Gasteiger partial charge in [0, 0.05) is 30.8 Å². The number of carbonyl (C=O) groups is 2. The van der Waals surface area contributed by atoms with Crippen molar-refractivity contribution in [2.45, 2.75) is 25.3 Å². The van der Waals surface area contributed by atoms with Crippen LogP contribution in [0.2, 0.25) is 0 Å². The molecule has 8 nitrogen and oxygen atoms in total. The summed E-state index contributed by atoms with van der Waals surface area (Å²) in [5, 5.41) is 25.4. The van der Waals surface area contributed by atoms with Gasteiger partial charge in [-0.1, -0.05) is 0 Å². The van der Waals surface area contributed by atoms with Gasteiger partial charge in [0.05, 0.1) is 4.92 Å². The number of aromatic carboxylic acids is 1. The zero-order valence-corrected chi connectivity index (χ0v) is 11.2. The Morgan fingerprint density at radius 1 is 1.38 bits per heavy atom. The smallest absolute Gasteiger partial charge is 0.342 e. The van der Waals surface area contributed by atoms with Crippen LogP contribution in [0.5, 0.6) is 0 Å². The predicted molar refractivity (Wildman–Crippen MR) is 74.3 cm³/mol. The molecule has 1 amide bonds.